The molecule has 1 aliphatic rings. The summed E-state index contributed by atoms with van der Waals surface area (Å²) in [6, 6.07) is 7.77. The summed E-state index contributed by atoms with van der Waals surface area (Å²) in [5.74, 6) is 0.990. The van der Waals surface area contributed by atoms with Crippen molar-refractivity contribution in [1.82, 2.24) is 4.90 Å². The highest BCUT2D eigenvalue weighted by Gasteiger charge is 2.34. The lowest BCUT2D eigenvalue weighted by Crippen LogP contribution is -2.42. The van der Waals surface area contributed by atoms with Crippen molar-refractivity contribution in [2.75, 3.05) is 38.7 Å². The third-order valence-electron chi connectivity index (χ3n) is 3.76. The molecule has 0 spiro atoms. The van der Waals surface area contributed by atoms with Crippen LogP contribution in [-0.2, 0) is 4.79 Å². The molecule has 1 aliphatic heterocycles. The molecule has 1 unspecified atom stereocenters. The Morgan fingerprint density at radius 2 is 2.30 bits per heavy atom. The zero-order chi connectivity index (χ0) is 14.5. The van der Waals surface area contributed by atoms with E-state index in [1.54, 1.807) is 12.0 Å². The molecule has 1 aromatic carbocycles. The van der Waals surface area contributed by atoms with Crippen LogP contribution in [0.4, 0.5) is 5.69 Å². The summed E-state index contributed by atoms with van der Waals surface area (Å²) in [4.78, 5) is 16.2. The van der Waals surface area contributed by atoms with Crippen molar-refractivity contribution in [1.29, 1.82) is 0 Å². The topological polar surface area (TPSA) is 58.8 Å². The minimum atomic E-state index is -0.0846. The average molecular weight is 277 g/mol. The van der Waals surface area contributed by atoms with Gasteiger partial charge in [-0.15, -0.1) is 0 Å². The minimum Gasteiger partial charge on any atom is -0.497 e. The second kappa shape index (κ2) is 6.61. The number of likely N-dealkylation sites (N-methyl/N-ethyl adjacent to an activating group) is 1. The van der Waals surface area contributed by atoms with Crippen molar-refractivity contribution in [2.45, 2.75) is 18.9 Å². The van der Waals surface area contributed by atoms with Crippen molar-refractivity contribution >= 4 is 11.6 Å². The molecule has 1 atom stereocenters. The number of carbonyl (C=O) groups is 1. The van der Waals surface area contributed by atoms with Gasteiger partial charge in [-0.1, -0.05) is 6.07 Å². The molecule has 0 saturated carbocycles. The second-order valence-corrected chi connectivity index (χ2v) is 5.10. The predicted octanol–water partition coefficient (Wildman–Crippen LogP) is 1.08. The molecule has 1 saturated heterocycles. The summed E-state index contributed by atoms with van der Waals surface area (Å²) in [6.07, 6.45) is 1.72. The van der Waals surface area contributed by atoms with E-state index in [4.69, 9.17) is 10.5 Å². The third-order valence-corrected chi connectivity index (χ3v) is 3.76. The van der Waals surface area contributed by atoms with E-state index in [2.05, 4.69) is 4.90 Å². The predicted molar refractivity (Wildman–Crippen MR) is 80.1 cm³/mol. The first-order chi connectivity index (χ1) is 9.67. The standard InChI is InChI=1S/C15H23N3O2/c1-17-10-7-14(15(17)19)18(9-4-8-16)12-5-3-6-13(11-12)20-2/h3,5-6,11,14H,4,7-10,16H2,1-2H3. The van der Waals surface area contributed by atoms with E-state index in [-0.39, 0.29) is 11.9 Å². The smallest absolute Gasteiger partial charge is 0.245 e. The van der Waals surface area contributed by atoms with E-state index in [1.165, 1.54) is 0 Å². The number of hydrogen-bond donors (Lipinski definition) is 1. The van der Waals surface area contributed by atoms with Crippen LogP contribution >= 0.6 is 0 Å². The Morgan fingerprint density at radius 3 is 2.90 bits per heavy atom. The highest BCUT2D eigenvalue weighted by Crippen LogP contribution is 2.26. The Labute approximate surface area is 120 Å². The molecule has 110 valence electrons. The van der Waals surface area contributed by atoms with E-state index >= 15 is 0 Å². The van der Waals surface area contributed by atoms with Crippen LogP contribution in [0.3, 0.4) is 0 Å². The maximum Gasteiger partial charge on any atom is 0.245 e. The molecule has 1 heterocycles. The van der Waals surface area contributed by atoms with Crippen molar-refractivity contribution < 1.29 is 9.53 Å². The lowest BCUT2D eigenvalue weighted by Gasteiger charge is -2.30. The summed E-state index contributed by atoms with van der Waals surface area (Å²) >= 11 is 0. The fourth-order valence-corrected chi connectivity index (χ4v) is 2.61. The van der Waals surface area contributed by atoms with Crippen LogP contribution in [0.1, 0.15) is 12.8 Å². The summed E-state index contributed by atoms with van der Waals surface area (Å²) in [7, 11) is 3.51. The fraction of sp³-hybridized carbons (Fsp3) is 0.533. The lowest BCUT2D eigenvalue weighted by molar-refractivity contribution is -0.127. The number of rotatable bonds is 6. The normalized spacial score (nSPS) is 18.4. The quantitative estimate of drug-likeness (QED) is 0.845. The number of benzene rings is 1. The number of anilines is 1. The number of amides is 1. The van der Waals surface area contributed by atoms with Crippen LogP contribution in [0.5, 0.6) is 5.75 Å². The van der Waals surface area contributed by atoms with Crippen LogP contribution in [0.15, 0.2) is 24.3 Å². The molecular formula is C15H23N3O2. The number of carbonyl (C=O) groups excluding carboxylic acids is 1. The van der Waals surface area contributed by atoms with Gasteiger partial charge in [0, 0.05) is 31.9 Å². The van der Waals surface area contributed by atoms with Crippen LogP contribution in [-0.4, -0.2) is 50.6 Å². The molecule has 0 bridgehead atoms. The second-order valence-electron chi connectivity index (χ2n) is 5.10. The van der Waals surface area contributed by atoms with Gasteiger partial charge in [-0.25, -0.2) is 0 Å². The Hall–Kier alpha value is -1.75. The van der Waals surface area contributed by atoms with Gasteiger partial charge in [0.15, 0.2) is 0 Å². The minimum absolute atomic E-state index is 0.0846. The molecule has 1 amide bonds. The van der Waals surface area contributed by atoms with Gasteiger partial charge in [0.1, 0.15) is 11.8 Å². The van der Waals surface area contributed by atoms with Crippen LogP contribution in [0.2, 0.25) is 0 Å². The van der Waals surface area contributed by atoms with Crippen molar-refractivity contribution in [2.24, 2.45) is 5.73 Å². The summed E-state index contributed by atoms with van der Waals surface area (Å²) < 4.78 is 5.27. The van der Waals surface area contributed by atoms with Gasteiger partial charge in [0.25, 0.3) is 0 Å². The lowest BCUT2D eigenvalue weighted by atomic mass is 10.1. The fourth-order valence-electron chi connectivity index (χ4n) is 2.61. The first kappa shape index (κ1) is 14.7. The number of nitrogens with zero attached hydrogens (tertiary/aromatic N) is 2. The van der Waals surface area contributed by atoms with Crippen molar-refractivity contribution in [3.8, 4) is 5.75 Å². The van der Waals surface area contributed by atoms with E-state index in [1.807, 2.05) is 31.3 Å². The molecule has 5 heteroatoms. The third kappa shape index (κ3) is 3.04. The molecule has 1 aromatic rings. The van der Waals surface area contributed by atoms with Gasteiger partial charge in [-0.3, -0.25) is 4.79 Å². The molecule has 2 rings (SSSR count). The van der Waals surface area contributed by atoms with E-state index in [0.717, 1.165) is 37.4 Å². The number of likely N-dealkylation sites (tertiary alicyclic amines) is 1. The van der Waals surface area contributed by atoms with Gasteiger partial charge in [0.2, 0.25) is 5.91 Å². The van der Waals surface area contributed by atoms with Crippen molar-refractivity contribution in [3.05, 3.63) is 24.3 Å². The molecule has 0 radical (unpaired) electrons. The van der Waals surface area contributed by atoms with Gasteiger partial charge in [-0.05, 0) is 31.5 Å². The molecule has 0 aromatic heterocycles. The average Bonchev–Trinajstić information content (AvgIpc) is 2.80. The molecule has 20 heavy (non-hydrogen) atoms. The van der Waals surface area contributed by atoms with Crippen LogP contribution < -0.4 is 15.4 Å². The number of ether oxygens (including phenoxy) is 1. The zero-order valence-corrected chi connectivity index (χ0v) is 12.2. The van der Waals surface area contributed by atoms with E-state index in [0.29, 0.717) is 6.54 Å². The summed E-state index contributed by atoms with van der Waals surface area (Å²) in [5.41, 5.74) is 6.64. The summed E-state index contributed by atoms with van der Waals surface area (Å²) in [6.45, 7) is 2.22. The Kier molecular flexibility index (Phi) is 4.84. The first-order valence-electron chi connectivity index (χ1n) is 7.03. The zero-order valence-electron chi connectivity index (χ0n) is 12.2. The molecule has 1 fully saturated rings. The Bertz CT molecular complexity index is 464. The molecule has 5 nitrogen and oxygen atoms in total. The molecule has 0 aliphatic carbocycles. The largest absolute Gasteiger partial charge is 0.497 e. The van der Waals surface area contributed by atoms with Gasteiger partial charge < -0.3 is 20.3 Å². The number of methoxy groups -OCH3 is 1. The van der Waals surface area contributed by atoms with E-state index < -0.39 is 0 Å². The van der Waals surface area contributed by atoms with E-state index in [9.17, 15) is 4.79 Å². The number of hydrogen-bond acceptors (Lipinski definition) is 4. The van der Waals surface area contributed by atoms with Gasteiger partial charge >= 0.3 is 0 Å². The highest BCUT2D eigenvalue weighted by molar-refractivity contribution is 5.87. The maximum absolute atomic E-state index is 12.3. The monoisotopic (exact) mass is 277 g/mol. The molecular weight excluding hydrogens is 254 g/mol. The maximum atomic E-state index is 12.3. The van der Waals surface area contributed by atoms with Gasteiger partial charge in [0.05, 0.1) is 7.11 Å². The summed E-state index contributed by atoms with van der Waals surface area (Å²) in [5, 5.41) is 0. The van der Waals surface area contributed by atoms with Crippen LogP contribution in [0, 0.1) is 0 Å². The SMILES string of the molecule is COc1cccc(N(CCCN)C2CCN(C)C2=O)c1. The number of nitrogens with two attached hydrogens (primary N) is 1. The van der Waals surface area contributed by atoms with Crippen LogP contribution in [0.25, 0.3) is 0 Å². The molecule has 2 N–H and O–H groups in total. The highest BCUT2D eigenvalue weighted by atomic mass is 16.5. The van der Waals surface area contributed by atoms with Gasteiger partial charge in [-0.2, -0.15) is 0 Å². The Morgan fingerprint density at radius 1 is 1.50 bits per heavy atom. The van der Waals surface area contributed by atoms with Crippen molar-refractivity contribution in [3.63, 3.8) is 0 Å². The first-order valence-corrected chi connectivity index (χ1v) is 7.03. The Balaban J connectivity index is 2.24.